The topological polar surface area (TPSA) is 66.8 Å². The van der Waals surface area contributed by atoms with Gasteiger partial charge in [-0.1, -0.05) is 42.1 Å². The lowest BCUT2D eigenvalue weighted by atomic mass is 10.1. The van der Waals surface area contributed by atoms with E-state index in [1.165, 1.54) is 11.8 Å². The van der Waals surface area contributed by atoms with Crippen LogP contribution in [0.3, 0.4) is 0 Å². The second-order valence-corrected chi connectivity index (χ2v) is 7.76. The van der Waals surface area contributed by atoms with Crippen LogP contribution in [0.2, 0.25) is 0 Å². The second-order valence-electron chi connectivity index (χ2n) is 6.82. The van der Waals surface area contributed by atoms with Crippen LogP contribution in [0.25, 0.3) is 22.3 Å². The minimum absolute atomic E-state index is 0.0452. The number of fused-ring (bicyclic) bond motifs is 1. The molecule has 3 aromatic rings. The summed E-state index contributed by atoms with van der Waals surface area (Å²) in [6, 6.07) is 8.60. The molecule has 0 bridgehead atoms. The molecule has 0 saturated heterocycles. The van der Waals surface area contributed by atoms with Crippen LogP contribution in [0.5, 0.6) is 0 Å². The van der Waals surface area contributed by atoms with Gasteiger partial charge in [0.2, 0.25) is 5.91 Å². The highest BCUT2D eigenvalue weighted by Crippen LogP contribution is 2.42. The van der Waals surface area contributed by atoms with E-state index < -0.39 is 0 Å². The van der Waals surface area contributed by atoms with Gasteiger partial charge in [-0.15, -0.1) is 23.4 Å². The number of aromatic nitrogens is 4. The first-order chi connectivity index (χ1) is 13.7. The molecule has 0 spiro atoms. The van der Waals surface area contributed by atoms with Crippen LogP contribution >= 0.6 is 11.8 Å². The predicted molar refractivity (Wildman–Crippen MR) is 113 cm³/mol. The normalized spacial score (nSPS) is 13.6. The van der Waals surface area contributed by atoms with Crippen molar-refractivity contribution in [2.75, 3.05) is 18.8 Å². The zero-order valence-electron chi connectivity index (χ0n) is 15.7. The number of aromatic amines is 1. The zero-order valence-corrected chi connectivity index (χ0v) is 16.5. The molecule has 4 rings (SSSR count). The predicted octanol–water partition coefficient (Wildman–Crippen LogP) is 4.05. The number of hydrogen-bond donors (Lipinski definition) is 1. The molecule has 1 aliphatic rings. The van der Waals surface area contributed by atoms with E-state index in [1.54, 1.807) is 17.1 Å². The molecule has 2 heterocycles. The van der Waals surface area contributed by atoms with Crippen molar-refractivity contribution < 1.29 is 4.79 Å². The average molecular weight is 394 g/mol. The lowest BCUT2D eigenvalue weighted by Gasteiger charge is -2.18. The number of rotatable bonds is 9. The lowest BCUT2D eigenvalue weighted by Crippen LogP contribution is -2.32. The summed E-state index contributed by atoms with van der Waals surface area (Å²) in [7, 11) is 0. The zero-order chi connectivity index (χ0) is 19.5. The number of thioether (sulfide) groups is 1. The van der Waals surface area contributed by atoms with E-state index in [4.69, 9.17) is 0 Å². The Morgan fingerprint density at radius 2 is 2.00 bits per heavy atom. The molecule has 1 saturated carbocycles. The van der Waals surface area contributed by atoms with Crippen LogP contribution in [0.15, 0.2) is 60.9 Å². The van der Waals surface area contributed by atoms with Gasteiger partial charge in [-0.2, -0.15) is 0 Å². The summed E-state index contributed by atoms with van der Waals surface area (Å²) in [5, 5.41) is 10.8. The van der Waals surface area contributed by atoms with Crippen molar-refractivity contribution in [1.82, 2.24) is 24.6 Å². The Hall–Kier alpha value is -2.80. The third-order valence-corrected chi connectivity index (χ3v) is 5.71. The molecule has 0 aliphatic heterocycles. The number of H-pyrrole nitrogens is 1. The summed E-state index contributed by atoms with van der Waals surface area (Å²) < 4.78 is 2.19. The molecule has 1 aromatic carbocycles. The average Bonchev–Trinajstić information content (AvgIpc) is 3.32. The van der Waals surface area contributed by atoms with Crippen molar-refractivity contribution in [2.45, 2.75) is 24.0 Å². The summed E-state index contributed by atoms with van der Waals surface area (Å²) >= 11 is 1.45. The maximum absolute atomic E-state index is 12.6. The lowest BCUT2D eigenvalue weighted by molar-refractivity contribution is -0.127. The van der Waals surface area contributed by atoms with Crippen LogP contribution in [0.1, 0.15) is 18.9 Å². The molecule has 28 heavy (non-hydrogen) atoms. The number of hydrogen-bond acceptors (Lipinski definition) is 4. The Morgan fingerprint density at radius 1 is 1.25 bits per heavy atom. The van der Waals surface area contributed by atoms with Crippen molar-refractivity contribution in [3.8, 4) is 11.4 Å². The molecule has 1 amide bonds. The molecule has 2 aromatic heterocycles. The molecule has 0 atom stereocenters. The monoisotopic (exact) mass is 393 g/mol. The highest BCUT2D eigenvalue weighted by molar-refractivity contribution is 7.99. The van der Waals surface area contributed by atoms with Crippen molar-refractivity contribution >= 4 is 28.6 Å². The van der Waals surface area contributed by atoms with Gasteiger partial charge in [0, 0.05) is 41.8 Å². The molecular formula is C21H23N5OS. The quantitative estimate of drug-likeness (QED) is 0.440. The van der Waals surface area contributed by atoms with Crippen molar-refractivity contribution in [2.24, 2.45) is 0 Å². The highest BCUT2D eigenvalue weighted by Gasteiger charge is 2.31. The van der Waals surface area contributed by atoms with E-state index >= 15 is 0 Å². The molecule has 144 valence electrons. The van der Waals surface area contributed by atoms with Crippen molar-refractivity contribution in [3.63, 3.8) is 0 Å². The van der Waals surface area contributed by atoms with Gasteiger partial charge in [0.15, 0.2) is 11.0 Å². The van der Waals surface area contributed by atoms with Gasteiger partial charge in [0.25, 0.3) is 0 Å². The molecule has 1 aliphatic carbocycles. The fourth-order valence-corrected chi connectivity index (χ4v) is 4.19. The molecule has 0 unspecified atom stereocenters. The smallest absolute Gasteiger partial charge is 0.233 e. The molecule has 0 radical (unpaired) electrons. The van der Waals surface area contributed by atoms with Gasteiger partial charge in [0.05, 0.1) is 5.75 Å². The third kappa shape index (κ3) is 3.62. The number of nitrogens with zero attached hydrogens (tertiary/aromatic N) is 4. The SMILES string of the molecule is C=CCN(CC=C)C(=O)CSc1nnc(-c2c[nH]c3ccccc23)n1C1CC1. The maximum Gasteiger partial charge on any atom is 0.233 e. The van der Waals surface area contributed by atoms with Gasteiger partial charge in [0.1, 0.15) is 0 Å². The van der Waals surface area contributed by atoms with Crippen LogP contribution in [0, 0.1) is 0 Å². The van der Waals surface area contributed by atoms with Crippen LogP contribution in [0.4, 0.5) is 0 Å². The Kier molecular flexibility index (Phi) is 5.34. The molecule has 6 nitrogen and oxygen atoms in total. The fourth-order valence-electron chi connectivity index (χ4n) is 3.28. The van der Waals surface area contributed by atoms with E-state index in [1.807, 2.05) is 18.3 Å². The Balaban J connectivity index is 1.58. The summed E-state index contributed by atoms with van der Waals surface area (Å²) in [6.45, 7) is 8.47. The van der Waals surface area contributed by atoms with Crippen molar-refractivity contribution in [1.29, 1.82) is 0 Å². The highest BCUT2D eigenvalue weighted by atomic mass is 32.2. The van der Waals surface area contributed by atoms with Gasteiger partial charge >= 0.3 is 0 Å². The minimum atomic E-state index is 0.0452. The molecule has 1 fully saturated rings. The van der Waals surface area contributed by atoms with Gasteiger partial charge in [-0.25, -0.2) is 0 Å². The first-order valence-electron chi connectivity index (χ1n) is 9.36. The molecular weight excluding hydrogens is 370 g/mol. The summed E-state index contributed by atoms with van der Waals surface area (Å²) in [6.07, 6.45) is 7.69. The minimum Gasteiger partial charge on any atom is -0.360 e. The first kappa shape index (κ1) is 18.6. The van der Waals surface area contributed by atoms with E-state index in [0.717, 1.165) is 40.3 Å². The fraction of sp³-hybridized carbons (Fsp3) is 0.286. The van der Waals surface area contributed by atoms with Crippen LogP contribution < -0.4 is 0 Å². The molecule has 1 N–H and O–H groups in total. The summed E-state index contributed by atoms with van der Waals surface area (Å²) in [5.41, 5.74) is 2.13. The number of carbonyl (C=O) groups excluding carboxylic acids is 1. The maximum atomic E-state index is 12.6. The van der Waals surface area contributed by atoms with E-state index in [9.17, 15) is 4.79 Å². The Labute approximate surface area is 168 Å². The van der Waals surface area contributed by atoms with Crippen LogP contribution in [-0.2, 0) is 4.79 Å². The van der Waals surface area contributed by atoms with Crippen molar-refractivity contribution in [3.05, 3.63) is 55.8 Å². The number of para-hydroxylation sites is 1. The largest absolute Gasteiger partial charge is 0.360 e. The number of carbonyl (C=O) groups is 1. The third-order valence-electron chi connectivity index (χ3n) is 4.78. The summed E-state index contributed by atoms with van der Waals surface area (Å²) in [4.78, 5) is 17.6. The Bertz CT molecular complexity index is 1010. The number of nitrogens with one attached hydrogen (secondary N) is 1. The second kappa shape index (κ2) is 8.06. The van der Waals surface area contributed by atoms with Gasteiger partial charge < -0.3 is 9.88 Å². The van der Waals surface area contributed by atoms with Gasteiger partial charge in [-0.05, 0) is 18.9 Å². The van der Waals surface area contributed by atoms with Crippen LogP contribution in [-0.4, -0.2) is 49.4 Å². The van der Waals surface area contributed by atoms with E-state index in [2.05, 4.69) is 45.0 Å². The summed E-state index contributed by atoms with van der Waals surface area (Å²) in [5.74, 6) is 1.23. The standard InChI is InChI=1S/C21H23N5OS/c1-3-11-25(12-4-2)19(27)14-28-21-24-23-20(26(21)15-9-10-15)17-13-22-18-8-6-5-7-16(17)18/h3-8,13,15,22H,1-2,9-12,14H2. The molecule has 7 heteroatoms. The number of benzene rings is 1. The van der Waals surface area contributed by atoms with Gasteiger partial charge in [-0.3, -0.25) is 9.36 Å². The van der Waals surface area contributed by atoms with E-state index in [-0.39, 0.29) is 5.91 Å². The van der Waals surface area contributed by atoms with E-state index in [0.29, 0.717) is 24.9 Å². The Morgan fingerprint density at radius 3 is 2.71 bits per heavy atom. The first-order valence-corrected chi connectivity index (χ1v) is 10.3. The number of amides is 1.